The monoisotopic (exact) mass is 341 g/mol. The Morgan fingerprint density at radius 1 is 1.45 bits per heavy atom. The van der Waals surface area contributed by atoms with E-state index in [1.807, 2.05) is 5.38 Å². The molecule has 2 aromatic rings. The Hall–Kier alpha value is -1.51. The predicted octanol–water partition coefficient (Wildman–Crippen LogP) is 2.15. The maximum absolute atomic E-state index is 13.3. The van der Waals surface area contributed by atoms with Crippen LogP contribution in [0.3, 0.4) is 0 Å². The van der Waals surface area contributed by atoms with Gasteiger partial charge in [0.15, 0.2) is 5.13 Å². The molecule has 0 bridgehead atoms. The van der Waals surface area contributed by atoms with E-state index in [9.17, 15) is 12.8 Å². The van der Waals surface area contributed by atoms with E-state index in [1.54, 1.807) is 13.1 Å². The summed E-state index contributed by atoms with van der Waals surface area (Å²) < 4.78 is 40.7. The number of rotatable bonds is 4. The molecule has 1 atom stereocenters. The van der Waals surface area contributed by atoms with Gasteiger partial charge in [-0.25, -0.2) is 22.5 Å². The minimum atomic E-state index is -3.64. The van der Waals surface area contributed by atoms with Gasteiger partial charge in [-0.15, -0.1) is 11.3 Å². The summed E-state index contributed by atoms with van der Waals surface area (Å²) in [5.41, 5.74) is 0.318. The maximum atomic E-state index is 13.3. The van der Waals surface area contributed by atoms with E-state index in [1.165, 1.54) is 29.5 Å². The van der Waals surface area contributed by atoms with Crippen LogP contribution in [0.1, 0.15) is 12.0 Å². The van der Waals surface area contributed by atoms with Crippen molar-refractivity contribution in [2.75, 3.05) is 18.0 Å². The molecule has 0 amide bonds. The van der Waals surface area contributed by atoms with Crippen LogP contribution in [-0.2, 0) is 10.0 Å². The molecule has 1 N–H and O–H groups in total. The number of anilines is 1. The number of hydrogen-bond acceptors (Lipinski definition) is 5. The molecule has 2 heterocycles. The van der Waals surface area contributed by atoms with Gasteiger partial charge in [0.25, 0.3) is 0 Å². The van der Waals surface area contributed by atoms with Crippen molar-refractivity contribution >= 4 is 26.5 Å². The van der Waals surface area contributed by atoms with Crippen LogP contribution >= 0.6 is 11.3 Å². The lowest BCUT2D eigenvalue weighted by Crippen LogP contribution is -2.37. The van der Waals surface area contributed by atoms with Crippen molar-refractivity contribution in [2.24, 2.45) is 0 Å². The summed E-state index contributed by atoms with van der Waals surface area (Å²) in [6.45, 7) is 2.91. The highest BCUT2D eigenvalue weighted by Gasteiger charge is 2.28. The summed E-state index contributed by atoms with van der Waals surface area (Å²) in [4.78, 5) is 6.39. The van der Waals surface area contributed by atoms with Crippen LogP contribution in [0.5, 0.6) is 0 Å². The summed E-state index contributed by atoms with van der Waals surface area (Å²) >= 11 is 1.54. The molecule has 0 saturated carbocycles. The second kappa shape index (κ2) is 5.94. The first kappa shape index (κ1) is 15.4. The number of hydrogen-bond donors (Lipinski definition) is 1. The van der Waals surface area contributed by atoms with Crippen molar-refractivity contribution in [3.63, 3.8) is 0 Å². The summed E-state index contributed by atoms with van der Waals surface area (Å²) in [5, 5.41) is 2.80. The highest BCUT2D eigenvalue weighted by molar-refractivity contribution is 7.89. The lowest BCUT2D eigenvalue weighted by atomic mass is 10.2. The van der Waals surface area contributed by atoms with Gasteiger partial charge in [0, 0.05) is 30.7 Å². The number of aromatic nitrogens is 1. The third-order valence-electron chi connectivity index (χ3n) is 3.64. The van der Waals surface area contributed by atoms with Crippen LogP contribution in [0.4, 0.5) is 9.52 Å². The Balaban J connectivity index is 1.71. The Bertz CT molecular complexity index is 762. The molecule has 1 aliphatic rings. The molecule has 1 aromatic heterocycles. The average molecular weight is 341 g/mol. The molecule has 3 rings (SSSR count). The quantitative estimate of drug-likeness (QED) is 0.926. The van der Waals surface area contributed by atoms with Crippen molar-refractivity contribution in [3.05, 3.63) is 41.2 Å². The number of nitrogens with one attached hydrogen (secondary N) is 1. The SMILES string of the molecule is Cc1cc(S(=O)(=O)NC2CCN(c3nccs3)C2)ccc1F. The zero-order valence-electron chi connectivity index (χ0n) is 12.0. The summed E-state index contributed by atoms with van der Waals surface area (Å²) in [6.07, 6.45) is 2.46. The molecule has 1 saturated heterocycles. The van der Waals surface area contributed by atoms with Crippen LogP contribution in [0.15, 0.2) is 34.7 Å². The van der Waals surface area contributed by atoms with Crippen LogP contribution in [0, 0.1) is 12.7 Å². The standard InChI is InChI=1S/C14H16FN3O2S2/c1-10-8-12(2-3-13(10)15)22(19,20)17-11-4-6-18(9-11)14-16-5-7-21-14/h2-3,5,7-8,11,17H,4,6,9H2,1H3. The van der Waals surface area contributed by atoms with Gasteiger partial charge in [0.2, 0.25) is 10.0 Å². The zero-order chi connectivity index (χ0) is 15.7. The lowest BCUT2D eigenvalue weighted by Gasteiger charge is -2.16. The molecular weight excluding hydrogens is 325 g/mol. The summed E-state index contributed by atoms with van der Waals surface area (Å²) in [5.74, 6) is -0.408. The molecular formula is C14H16FN3O2S2. The third kappa shape index (κ3) is 3.13. The highest BCUT2D eigenvalue weighted by Crippen LogP contribution is 2.23. The average Bonchev–Trinajstić information content (AvgIpc) is 3.11. The second-order valence-electron chi connectivity index (χ2n) is 5.28. The second-order valence-corrected chi connectivity index (χ2v) is 7.87. The van der Waals surface area contributed by atoms with Crippen molar-refractivity contribution in [1.29, 1.82) is 0 Å². The number of benzene rings is 1. The van der Waals surface area contributed by atoms with Crippen molar-refractivity contribution in [1.82, 2.24) is 9.71 Å². The van der Waals surface area contributed by atoms with Gasteiger partial charge in [-0.3, -0.25) is 0 Å². The number of nitrogens with zero attached hydrogens (tertiary/aromatic N) is 2. The van der Waals surface area contributed by atoms with Crippen molar-refractivity contribution < 1.29 is 12.8 Å². The first-order chi connectivity index (χ1) is 10.5. The third-order valence-corrected chi connectivity index (χ3v) is 5.99. The van der Waals surface area contributed by atoms with E-state index in [2.05, 4.69) is 14.6 Å². The molecule has 118 valence electrons. The molecule has 0 spiro atoms. The number of sulfonamides is 1. The fourth-order valence-electron chi connectivity index (χ4n) is 2.47. The van der Waals surface area contributed by atoms with E-state index in [4.69, 9.17) is 0 Å². The topological polar surface area (TPSA) is 62.3 Å². The van der Waals surface area contributed by atoms with Crippen LogP contribution in [0.2, 0.25) is 0 Å². The first-order valence-corrected chi connectivity index (χ1v) is 9.25. The van der Waals surface area contributed by atoms with Gasteiger partial charge >= 0.3 is 0 Å². The van der Waals surface area contributed by atoms with Gasteiger partial charge in [-0.1, -0.05) is 0 Å². The van der Waals surface area contributed by atoms with Crippen LogP contribution < -0.4 is 9.62 Å². The zero-order valence-corrected chi connectivity index (χ0v) is 13.6. The van der Waals surface area contributed by atoms with Gasteiger partial charge < -0.3 is 4.90 Å². The Morgan fingerprint density at radius 3 is 2.95 bits per heavy atom. The van der Waals surface area contributed by atoms with Gasteiger partial charge in [0.05, 0.1) is 4.90 Å². The van der Waals surface area contributed by atoms with E-state index < -0.39 is 15.8 Å². The first-order valence-electron chi connectivity index (χ1n) is 6.88. The van der Waals surface area contributed by atoms with Gasteiger partial charge in [-0.05, 0) is 37.1 Å². The predicted molar refractivity (Wildman–Crippen MR) is 84.2 cm³/mol. The number of halogens is 1. The van der Waals surface area contributed by atoms with Crippen molar-refractivity contribution in [3.8, 4) is 0 Å². The molecule has 8 heteroatoms. The smallest absolute Gasteiger partial charge is 0.240 e. The Labute approximate surface area is 132 Å². The summed E-state index contributed by atoms with van der Waals surface area (Å²) in [6, 6.07) is 3.66. The Morgan fingerprint density at radius 2 is 2.27 bits per heavy atom. The Kier molecular flexibility index (Phi) is 4.16. The van der Waals surface area contributed by atoms with Crippen LogP contribution in [-0.4, -0.2) is 32.5 Å². The molecule has 1 aromatic carbocycles. The van der Waals surface area contributed by atoms with Gasteiger partial charge in [-0.2, -0.15) is 0 Å². The van der Waals surface area contributed by atoms with Crippen LogP contribution in [0.25, 0.3) is 0 Å². The minimum absolute atomic E-state index is 0.0964. The van der Waals surface area contributed by atoms with Gasteiger partial charge in [0.1, 0.15) is 5.82 Å². The van der Waals surface area contributed by atoms with E-state index >= 15 is 0 Å². The van der Waals surface area contributed by atoms with Crippen molar-refractivity contribution in [2.45, 2.75) is 24.3 Å². The highest BCUT2D eigenvalue weighted by atomic mass is 32.2. The molecule has 1 unspecified atom stereocenters. The fourth-order valence-corrected chi connectivity index (χ4v) is 4.50. The van der Waals surface area contributed by atoms with E-state index in [0.717, 1.165) is 18.1 Å². The van der Waals surface area contributed by atoms with E-state index in [-0.39, 0.29) is 10.9 Å². The molecule has 5 nitrogen and oxygen atoms in total. The normalized spacial score (nSPS) is 18.8. The minimum Gasteiger partial charge on any atom is -0.346 e. The molecule has 0 aliphatic carbocycles. The molecule has 22 heavy (non-hydrogen) atoms. The maximum Gasteiger partial charge on any atom is 0.240 e. The largest absolute Gasteiger partial charge is 0.346 e. The number of aryl methyl sites for hydroxylation is 1. The molecule has 1 aliphatic heterocycles. The molecule has 1 fully saturated rings. The summed E-state index contributed by atoms with van der Waals surface area (Å²) in [7, 11) is -3.64. The lowest BCUT2D eigenvalue weighted by molar-refractivity contribution is 0.560. The fraction of sp³-hybridized carbons (Fsp3) is 0.357. The molecule has 0 radical (unpaired) electrons. The van der Waals surface area contributed by atoms with E-state index in [0.29, 0.717) is 12.1 Å². The number of thiazole rings is 1.